The van der Waals surface area contributed by atoms with Crippen molar-refractivity contribution in [3.05, 3.63) is 35.9 Å². The highest BCUT2D eigenvalue weighted by molar-refractivity contribution is 6.69. The fourth-order valence-electron chi connectivity index (χ4n) is 1.48. The standard InChI is InChI=1S/C15H22O5Si/c1-21(2,3)20-12-10-18-9-11-19-15(17)14(16)13-7-5-4-6-8-13/h4-8H,9-12H2,1-3H3. The zero-order valence-corrected chi connectivity index (χ0v) is 13.8. The van der Waals surface area contributed by atoms with Crippen molar-refractivity contribution in [1.29, 1.82) is 0 Å². The van der Waals surface area contributed by atoms with Crippen molar-refractivity contribution in [2.45, 2.75) is 19.6 Å². The Bertz CT molecular complexity index is 453. The molecule has 1 rings (SSSR count). The van der Waals surface area contributed by atoms with Gasteiger partial charge < -0.3 is 13.9 Å². The van der Waals surface area contributed by atoms with Gasteiger partial charge in [-0.2, -0.15) is 0 Å². The van der Waals surface area contributed by atoms with Crippen molar-refractivity contribution < 1.29 is 23.5 Å². The van der Waals surface area contributed by atoms with Crippen molar-refractivity contribution in [3.8, 4) is 0 Å². The van der Waals surface area contributed by atoms with Crippen LogP contribution >= 0.6 is 0 Å². The minimum Gasteiger partial charge on any atom is -0.457 e. The average Bonchev–Trinajstić information content (AvgIpc) is 2.45. The summed E-state index contributed by atoms with van der Waals surface area (Å²) in [6.07, 6.45) is 0. The van der Waals surface area contributed by atoms with Gasteiger partial charge in [0.05, 0.1) is 19.8 Å². The summed E-state index contributed by atoms with van der Waals surface area (Å²) in [5, 5.41) is 0. The Morgan fingerprint density at radius 3 is 2.19 bits per heavy atom. The maximum absolute atomic E-state index is 11.7. The number of esters is 1. The first kappa shape index (κ1) is 17.5. The smallest absolute Gasteiger partial charge is 0.379 e. The molecule has 0 saturated carbocycles. The number of ether oxygens (including phenoxy) is 2. The van der Waals surface area contributed by atoms with Crippen molar-refractivity contribution in [1.82, 2.24) is 0 Å². The minimum atomic E-state index is -1.51. The summed E-state index contributed by atoms with van der Waals surface area (Å²) < 4.78 is 15.7. The highest BCUT2D eigenvalue weighted by Gasteiger charge is 2.17. The molecule has 0 spiro atoms. The third kappa shape index (κ3) is 7.74. The van der Waals surface area contributed by atoms with Crippen LogP contribution in [0.1, 0.15) is 10.4 Å². The van der Waals surface area contributed by atoms with Crippen molar-refractivity contribution in [3.63, 3.8) is 0 Å². The van der Waals surface area contributed by atoms with Gasteiger partial charge >= 0.3 is 5.97 Å². The molecule has 0 saturated heterocycles. The number of rotatable bonds is 9. The molecular formula is C15H22O5Si. The molecule has 0 aliphatic heterocycles. The van der Waals surface area contributed by atoms with Gasteiger partial charge in [-0.05, 0) is 19.6 Å². The summed E-state index contributed by atoms with van der Waals surface area (Å²) in [5.74, 6) is -1.50. The highest BCUT2D eigenvalue weighted by atomic mass is 28.4. The first-order valence-corrected chi connectivity index (χ1v) is 10.3. The molecule has 0 aromatic heterocycles. The van der Waals surface area contributed by atoms with E-state index in [4.69, 9.17) is 13.9 Å². The lowest BCUT2D eigenvalue weighted by atomic mass is 10.1. The van der Waals surface area contributed by atoms with Crippen molar-refractivity contribution >= 4 is 20.1 Å². The van der Waals surface area contributed by atoms with Crippen LogP contribution in [-0.4, -0.2) is 46.5 Å². The van der Waals surface area contributed by atoms with E-state index in [9.17, 15) is 9.59 Å². The third-order valence-electron chi connectivity index (χ3n) is 2.44. The molecule has 0 heterocycles. The maximum Gasteiger partial charge on any atom is 0.379 e. The molecule has 1 aromatic carbocycles. The molecule has 6 heteroatoms. The van der Waals surface area contributed by atoms with Gasteiger partial charge in [-0.3, -0.25) is 4.79 Å². The first-order valence-electron chi connectivity index (χ1n) is 6.88. The third-order valence-corrected chi connectivity index (χ3v) is 3.52. The molecule has 116 valence electrons. The van der Waals surface area contributed by atoms with Gasteiger partial charge in [-0.15, -0.1) is 0 Å². The predicted octanol–water partition coefficient (Wildman–Crippen LogP) is 2.28. The molecule has 0 amide bonds. The molecule has 0 unspecified atom stereocenters. The van der Waals surface area contributed by atoms with Gasteiger partial charge in [0.2, 0.25) is 0 Å². The fraction of sp³-hybridized carbons (Fsp3) is 0.467. The summed E-state index contributed by atoms with van der Waals surface area (Å²) in [6, 6.07) is 8.32. The first-order chi connectivity index (χ1) is 9.90. The lowest BCUT2D eigenvalue weighted by Crippen LogP contribution is -2.27. The largest absolute Gasteiger partial charge is 0.457 e. The Hall–Kier alpha value is -1.50. The number of benzene rings is 1. The normalized spacial score (nSPS) is 11.2. The molecule has 0 N–H and O–H groups in total. The quantitative estimate of drug-likeness (QED) is 0.230. The van der Waals surface area contributed by atoms with E-state index < -0.39 is 20.1 Å². The summed E-state index contributed by atoms with van der Waals surface area (Å²) >= 11 is 0. The Morgan fingerprint density at radius 2 is 1.57 bits per heavy atom. The summed E-state index contributed by atoms with van der Waals surface area (Å²) in [5.41, 5.74) is 0.326. The number of hydrogen-bond acceptors (Lipinski definition) is 5. The van der Waals surface area contributed by atoms with Crippen molar-refractivity contribution in [2.75, 3.05) is 26.4 Å². The van der Waals surface area contributed by atoms with Crippen LogP contribution in [0, 0.1) is 0 Å². The molecule has 0 fully saturated rings. The second kappa shape index (κ2) is 8.71. The summed E-state index contributed by atoms with van der Waals surface area (Å²) in [7, 11) is -1.51. The van der Waals surface area contributed by atoms with E-state index in [0.717, 1.165) is 0 Å². The summed E-state index contributed by atoms with van der Waals surface area (Å²) in [6.45, 7) is 7.60. The van der Waals surface area contributed by atoms with E-state index in [0.29, 0.717) is 18.8 Å². The molecule has 1 aromatic rings. The van der Waals surface area contributed by atoms with Gasteiger partial charge in [-0.25, -0.2) is 4.79 Å². The summed E-state index contributed by atoms with van der Waals surface area (Å²) in [4.78, 5) is 23.2. The second-order valence-corrected chi connectivity index (χ2v) is 9.92. The van der Waals surface area contributed by atoms with Crippen molar-refractivity contribution in [2.24, 2.45) is 0 Å². The second-order valence-electron chi connectivity index (χ2n) is 5.40. The van der Waals surface area contributed by atoms with Gasteiger partial charge in [0, 0.05) is 5.56 Å². The molecule has 0 aliphatic carbocycles. The van der Waals surface area contributed by atoms with Gasteiger partial charge in [0.1, 0.15) is 6.61 Å². The van der Waals surface area contributed by atoms with Crippen LogP contribution in [0.25, 0.3) is 0 Å². The van der Waals surface area contributed by atoms with E-state index in [1.807, 2.05) is 0 Å². The van der Waals surface area contributed by atoms with Gasteiger partial charge in [0.15, 0.2) is 8.32 Å². The van der Waals surface area contributed by atoms with Crippen LogP contribution < -0.4 is 0 Å². The average molecular weight is 310 g/mol. The monoisotopic (exact) mass is 310 g/mol. The van der Waals surface area contributed by atoms with Gasteiger partial charge in [0.25, 0.3) is 5.78 Å². The zero-order chi connectivity index (χ0) is 15.7. The van der Waals surface area contributed by atoms with Crippen LogP contribution in [0.5, 0.6) is 0 Å². The van der Waals surface area contributed by atoms with Crippen LogP contribution in [0.4, 0.5) is 0 Å². The molecule has 0 aliphatic rings. The lowest BCUT2D eigenvalue weighted by molar-refractivity contribution is -0.139. The molecule has 21 heavy (non-hydrogen) atoms. The molecule has 0 bridgehead atoms. The van der Waals surface area contributed by atoms with E-state index in [2.05, 4.69) is 19.6 Å². The fourth-order valence-corrected chi connectivity index (χ4v) is 2.17. The number of carbonyl (C=O) groups excluding carboxylic acids is 2. The molecular weight excluding hydrogens is 288 g/mol. The lowest BCUT2D eigenvalue weighted by Gasteiger charge is -2.16. The van der Waals surface area contributed by atoms with E-state index in [1.165, 1.54) is 0 Å². The number of hydrogen-bond donors (Lipinski definition) is 0. The predicted molar refractivity (Wildman–Crippen MR) is 81.8 cm³/mol. The molecule has 0 atom stereocenters. The van der Waals surface area contributed by atoms with Crippen LogP contribution in [0.3, 0.4) is 0 Å². The maximum atomic E-state index is 11.7. The van der Waals surface area contributed by atoms with Crippen LogP contribution in [0.15, 0.2) is 30.3 Å². The Labute approximate surface area is 126 Å². The highest BCUT2D eigenvalue weighted by Crippen LogP contribution is 2.02. The SMILES string of the molecule is C[Si](C)(C)OCCOCCOC(=O)C(=O)c1ccccc1. The van der Waals surface area contributed by atoms with Crippen LogP contribution in [-0.2, 0) is 18.7 Å². The minimum absolute atomic E-state index is 0.0599. The Morgan fingerprint density at radius 1 is 0.952 bits per heavy atom. The number of carbonyl (C=O) groups is 2. The zero-order valence-electron chi connectivity index (χ0n) is 12.8. The van der Waals surface area contributed by atoms with Gasteiger partial charge in [-0.1, -0.05) is 30.3 Å². The molecule has 0 radical (unpaired) electrons. The van der Waals surface area contributed by atoms with E-state index in [-0.39, 0.29) is 13.2 Å². The topological polar surface area (TPSA) is 61.8 Å². The van der Waals surface area contributed by atoms with E-state index in [1.54, 1.807) is 30.3 Å². The number of ketones is 1. The Kier molecular flexibility index (Phi) is 7.28. The van der Waals surface area contributed by atoms with E-state index >= 15 is 0 Å². The Balaban J connectivity index is 2.13. The van der Waals surface area contributed by atoms with Crippen LogP contribution in [0.2, 0.25) is 19.6 Å². The molecule has 5 nitrogen and oxygen atoms in total. The number of Topliss-reactive ketones (excluding diaryl/α,β-unsaturated/α-hetero) is 1.